The van der Waals surface area contributed by atoms with Gasteiger partial charge < -0.3 is 10.8 Å². The predicted octanol–water partition coefficient (Wildman–Crippen LogP) is 0.622. The second-order valence-corrected chi connectivity index (χ2v) is 3.13. The number of fused-ring (bicyclic) bond motifs is 1. The number of aliphatic hydroxyl groups is 1. The SMILES string of the molecule is NC(CO)c1cccc2cnncc12. The first-order valence-corrected chi connectivity index (χ1v) is 4.38. The lowest BCUT2D eigenvalue weighted by atomic mass is 10.0. The lowest BCUT2D eigenvalue weighted by molar-refractivity contribution is 0.268. The Kier molecular flexibility index (Phi) is 2.39. The maximum atomic E-state index is 8.99. The van der Waals surface area contributed by atoms with Crippen molar-refractivity contribution in [3.8, 4) is 0 Å². The fourth-order valence-corrected chi connectivity index (χ4v) is 1.47. The van der Waals surface area contributed by atoms with Crippen LogP contribution in [0.2, 0.25) is 0 Å². The molecule has 0 radical (unpaired) electrons. The molecule has 1 heterocycles. The van der Waals surface area contributed by atoms with E-state index in [1.165, 1.54) is 0 Å². The van der Waals surface area contributed by atoms with Gasteiger partial charge >= 0.3 is 0 Å². The molecule has 0 saturated heterocycles. The Labute approximate surface area is 81.4 Å². The van der Waals surface area contributed by atoms with Crippen LogP contribution < -0.4 is 5.73 Å². The number of nitrogens with zero attached hydrogens (tertiary/aromatic N) is 2. The molecule has 2 rings (SSSR count). The molecule has 2 aromatic rings. The van der Waals surface area contributed by atoms with E-state index in [9.17, 15) is 0 Å². The molecule has 0 saturated carbocycles. The van der Waals surface area contributed by atoms with E-state index in [0.717, 1.165) is 16.3 Å². The Hall–Kier alpha value is -1.52. The molecule has 0 aliphatic carbocycles. The zero-order valence-electron chi connectivity index (χ0n) is 7.59. The van der Waals surface area contributed by atoms with Crippen molar-refractivity contribution in [3.05, 3.63) is 36.2 Å². The summed E-state index contributed by atoms with van der Waals surface area (Å²) in [4.78, 5) is 0. The van der Waals surface area contributed by atoms with E-state index in [0.29, 0.717) is 0 Å². The number of nitrogens with two attached hydrogens (primary N) is 1. The molecule has 1 aromatic carbocycles. The molecule has 0 bridgehead atoms. The molecule has 72 valence electrons. The second-order valence-electron chi connectivity index (χ2n) is 3.13. The lowest BCUT2D eigenvalue weighted by Gasteiger charge is -2.10. The second kappa shape index (κ2) is 3.69. The summed E-state index contributed by atoms with van der Waals surface area (Å²) in [6, 6.07) is 5.38. The average Bonchev–Trinajstić information content (AvgIpc) is 2.27. The van der Waals surface area contributed by atoms with Crippen LogP contribution in [0.3, 0.4) is 0 Å². The minimum Gasteiger partial charge on any atom is -0.394 e. The molecule has 1 atom stereocenters. The van der Waals surface area contributed by atoms with E-state index in [-0.39, 0.29) is 12.6 Å². The summed E-state index contributed by atoms with van der Waals surface area (Å²) in [6.45, 7) is -0.0680. The third-order valence-electron chi connectivity index (χ3n) is 2.22. The molecular formula is C10H11N3O. The smallest absolute Gasteiger partial charge is 0.0624 e. The van der Waals surface area contributed by atoms with Gasteiger partial charge in [0.15, 0.2) is 0 Å². The number of rotatable bonds is 2. The molecule has 4 heteroatoms. The van der Waals surface area contributed by atoms with Crippen molar-refractivity contribution in [1.29, 1.82) is 0 Å². The standard InChI is InChI=1S/C10H11N3O/c11-10(6-14)8-3-1-2-7-4-12-13-5-9(7)8/h1-5,10,14H,6,11H2. The van der Waals surface area contributed by atoms with Gasteiger partial charge in [-0.15, -0.1) is 0 Å². The van der Waals surface area contributed by atoms with Crippen molar-refractivity contribution < 1.29 is 5.11 Å². The van der Waals surface area contributed by atoms with Gasteiger partial charge in [0.1, 0.15) is 0 Å². The molecule has 14 heavy (non-hydrogen) atoms. The summed E-state index contributed by atoms with van der Waals surface area (Å²) in [7, 11) is 0. The zero-order chi connectivity index (χ0) is 9.97. The van der Waals surface area contributed by atoms with E-state index in [2.05, 4.69) is 10.2 Å². The van der Waals surface area contributed by atoms with Crippen LogP contribution in [0.25, 0.3) is 10.8 Å². The highest BCUT2D eigenvalue weighted by molar-refractivity contribution is 5.84. The van der Waals surface area contributed by atoms with Crippen molar-refractivity contribution in [3.63, 3.8) is 0 Å². The number of hydrogen-bond donors (Lipinski definition) is 2. The van der Waals surface area contributed by atoms with Gasteiger partial charge in [-0.05, 0) is 5.56 Å². The van der Waals surface area contributed by atoms with Crippen molar-refractivity contribution in [1.82, 2.24) is 10.2 Å². The normalized spacial score (nSPS) is 13.0. The van der Waals surface area contributed by atoms with Crippen molar-refractivity contribution in [2.45, 2.75) is 6.04 Å². The molecule has 1 aromatic heterocycles. The van der Waals surface area contributed by atoms with E-state index < -0.39 is 0 Å². The lowest BCUT2D eigenvalue weighted by Crippen LogP contribution is -2.14. The van der Waals surface area contributed by atoms with Crippen molar-refractivity contribution in [2.75, 3.05) is 6.61 Å². The zero-order valence-corrected chi connectivity index (χ0v) is 7.59. The molecule has 0 spiro atoms. The number of aliphatic hydroxyl groups excluding tert-OH is 1. The minimum absolute atomic E-state index is 0.0680. The molecule has 4 nitrogen and oxygen atoms in total. The van der Waals surface area contributed by atoms with Crippen LogP contribution in [0.4, 0.5) is 0 Å². The van der Waals surface area contributed by atoms with Crippen LogP contribution >= 0.6 is 0 Å². The van der Waals surface area contributed by atoms with Crippen LogP contribution in [-0.2, 0) is 0 Å². The van der Waals surface area contributed by atoms with Gasteiger partial charge in [-0.25, -0.2) is 0 Å². The fraction of sp³-hybridized carbons (Fsp3) is 0.200. The monoisotopic (exact) mass is 189 g/mol. The third-order valence-corrected chi connectivity index (χ3v) is 2.22. The van der Waals surface area contributed by atoms with E-state index >= 15 is 0 Å². The number of benzene rings is 1. The van der Waals surface area contributed by atoms with Crippen LogP contribution in [0, 0.1) is 0 Å². The topological polar surface area (TPSA) is 72.0 Å². The molecule has 1 unspecified atom stereocenters. The largest absolute Gasteiger partial charge is 0.394 e. The molecule has 0 aliphatic heterocycles. The molecule has 0 aliphatic rings. The Balaban J connectivity index is 2.65. The van der Waals surface area contributed by atoms with Crippen molar-refractivity contribution in [2.24, 2.45) is 5.73 Å². The van der Waals surface area contributed by atoms with Gasteiger partial charge in [-0.1, -0.05) is 18.2 Å². The molecule has 0 fully saturated rings. The van der Waals surface area contributed by atoms with E-state index in [1.807, 2.05) is 18.2 Å². The summed E-state index contributed by atoms with van der Waals surface area (Å²) in [6.07, 6.45) is 3.35. The van der Waals surface area contributed by atoms with Crippen LogP contribution in [0.5, 0.6) is 0 Å². The fourth-order valence-electron chi connectivity index (χ4n) is 1.47. The number of aromatic nitrogens is 2. The highest BCUT2D eigenvalue weighted by atomic mass is 16.3. The molecular weight excluding hydrogens is 178 g/mol. The Morgan fingerprint density at radius 3 is 2.86 bits per heavy atom. The summed E-state index contributed by atoms with van der Waals surface area (Å²) in [5.74, 6) is 0. The summed E-state index contributed by atoms with van der Waals surface area (Å²) < 4.78 is 0. The predicted molar refractivity (Wildman–Crippen MR) is 53.6 cm³/mol. The van der Waals surface area contributed by atoms with Gasteiger partial charge in [0, 0.05) is 10.8 Å². The Bertz CT molecular complexity index is 439. The summed E-state index contributed by atoms with van der Waals surface area (Å²) >= 11 is 0. The van der Waals surface area contributed by atoms with Gasteiger partial charge in [-0.3, -0.25) is 0 Å². The average molecular weight is 189 g/mol. The number of hydrogen-bond acceptors (Lipinski definition) is 4. The van der Waals surface area contributed by atoms with Crippen LogP contribution in [0.15, 0.2) is 30.6 Å². The summed E-state index contributed by atoms with van der Waals surface area (Å²) in [5, 5.41) is 18.5. The minimum atomic E-state index is -0.358. The Morgan fingerprint density at radius 1 is 1.29 bits per heavy atom. The molecule has 3 N–H and O–H groups in total. The highest BCUT2D eigenvalue weighted by Crippen LogP contribution is 2.20. The highest BCUT2D eigenvalue weighted by Gasteiger charge is 2.08. The summed E-state index contributed by atoms with van der Waals surface area (Å²) in [5.41, 5.74) is 6.66. The third kappa shape index (κ3) is 1.45. The van der Waals surface area contributed by atoms with Gasteiger partial charge in [0.25, 0.3) is 0 Å². The Morgan fingerprint density at radius 2 is 2.07 bits per heavy atom. The quantitative estimate of drug-likeness (QED) is 0.726. The first kappa shape index (κ1) is 9.05. The van der Waals surface area contributed by atoms with Gasteiger partial charge in [0.05, 0.1) is 25.0 Å². The van der Waals surface area contributed by atoms with Crippen LogP contribution in [-0.4, -0.2) is 21.9 Å². The molecule has 0 amide bonds. The van der Waals surface area contributed by atoms with Gasteiger partial charge in [-0.2, -0.15) is 10.2 Å². The van der Waals surface area contributed by atoms with E-state index in [1.54, 1.807) is 12.4 Å². The van der Waals surface area contributed by atoms with Crippen molar-refractivity contribution >= 4 is 10.8 Å². The van der Waals surface area contributed by atoms with Gasteiger partial charge in [0.2, 0.25) is 0 Å². The van der Waals surface area contributed by atoms with E-state index in [4.69, 9.17) is 10.8 Å². The maximum absolute atomic E-state index is 8.99. The maximum Gasteiger partial charge on any atom is 0.0624 e. The van der Waals surface area contributed by atoms with Crippen LogP contribution in [0.1, 0.15) is 11.6 Å². The first-order chi connectivity index (χ1) is 6.83. The first-order valence-electron chi connectivity index (χ1n) is 4.38.